The summed E-state index contributed by atoms with van der Waals surface area (Å²) in [7, 11) is -1.20. The molecule has 0 aliphatic heterocycles. The SMILES string of the molecule is Cc1cnc(C(C)NCc2ccc([Si](C)(C)C)cc2)o1. The summed E-state index contributed by atoms with van der Waals surface area (Å²) in [5, 5.41) is 4.94. The van der Waals surface area contributed by atoms with Gasteiger partial charge in [0.15, 0.2) is 0 Å². The van der Waals surface area contributed by atoms with Crippen molar-refractivity contribution in [3.05, 3.63) is 47.7 Å². The van der Waals surface area contributed by atoms with E-state index in [1.807, 2.05) is 6.92 Å². The molecule has 0 bridgehead atoms. The Labute approximate surface area is 122 Å². The van der Waals surface area contributed by atoms with Crippen molar-refractivity contribution in [2.24, 2.45) is 0 Å². The van der Waals surface area contributed by atoms with E-state index in [0.717, 1.165) is 18.2 Å². The van der Waals surface area contributed by atoms with Gasteiger partial charge in [0.1, 0.15) is 5.76 Å². The highest BCUT2D eigenvalue weighted by Gasteiger charge is 2.16. The third-order valence-electron chi connectivity index (χ3n) is 3.44. The van der Waals surface area contributed by atoms with Gasteiger partial charge in [-0.15, -0.1) is 0 Å². The van der Waals surface area contributed by atoms with Crippen LogP contribution >= 0.6 is 0 Å². The lowest BCUT2D eigenvalue weighted by Crippen LogP contribution is -2.37. The van der Waals surface area contributed by atoms with Gasteiger partial charge < -0.3 is 9.73 Å². The summed E-state index contributed by atoms with van der Waals surface area (Å²) in [6.45, 7) is 11.9. The number of benzene rings is 1. The minimum Gasteiger partial charge on any atom is -0.444 e. The zero-order valence-corrected chi connectivity index (χ0v) is 14.0. The Morgan fingerprint density at radius 1 is 1.20 bits per heavy atom. The van der Waals surface area contributed by atoms with Gasteiger partial charge in [-0.05, 0) is 19.4 Å². The van der Waals surface area contributed by atoms with E-state index in [1.165, 1.54) is 10.8 Å². The quantitative estimate of drug-likeness (QED) is 0.857. The number of nitrogens with one attached hydrogen (secondary N) is 1. The summed E-state index contributed by atoms with van der Waals surface area (Å²) in [6, 6.07) is 9.09. The smallest absolute Gasteiger partial charge is 0.211 e. The molecule has 0 aliphatic carbocycles. The molecule has 0 saturated carbocycles. The molecule has 108 valence electrons. The molecule has 1 aromatic carbocycles. The predicted molar refractivity (Wildman–Crippen MR) is 85.9 cm³/mol. The first-order valence-corrected chi connectivity index (χ1v) is 10.6. The summed E-state index contributed by atoms with van der Waals surface area (Å²) in [4.78, 5) is 4.25. The third-order valence-corrected chi connectivity index (χ3v) is 5.51. The van der Waals surface area contributed by atoms with Gasteiger partial charge in [0, 0.05) is 6.54 Å². The van der Waals surface area contributed by atoms with Crippen molar-refractivity contribution < 1.29 is 4.42 Å². The molecule has 20 heavy (non-hydrogen) atoms. The van der Waals surface area contributed by atoms with Gasteiger partial charge in [0.2, 0.25) is 5.89 Å². The second-order valence-electron chi connectivity index (χ2n) is 6.36. The van der Waals surface area contributed by atoms with Crippen molar-refractivity contribution in [2.75, 3.05) is 0 Å². The van der Waals surface area contributed by atoms with Crippen molar-refractivity contribution >= 4 is 13.3 Å². The van der Waals surface area contributed by atoms with Gasteiger partial charge in [0.05, 0.1) is 20.3 Å². The summed E-state index contributed by atoms with van der Waals surface area (Å²) in [6.07, 6.45) is 1.76. The van der Waals surface area contributed by atoms with Crippen LogP contribution < -0.4 is 10.5 Å². The topological polar surface area (TPSA) is 38.1 Å². The highest BCUT2D eigenvalue weighted by Crippen LogP contribution is 2.13. The molecule has 4 heteroatoms. The van der Waals surface area contributed by atoms with E-state index < -0.39 is 8.07 Å². The van der Waals surface area contributed by atoms with E-state index in [4.69, 9.17) is 4.42 Å². The van der Waals surface area contributed by atoms with Crippen molar-refractivity contribution in [2.45, 2.75) is 46.1 Å². The van der Waals surface area contributed by atoms with Crippen LogP contribution in [0.3, 0.4) is 0 Å². The maximum absolute atomic E-state index is 5.53. The molecule has 0 radical (unpaired) electrons. The second-order valence-corrected chi connectivity index (χ2v) is 11.4. The summed E-state index contributed by atoms with van der Waals surface area (Å²) in [5.74, 6) is 1.61. The van der Waals surface area contributed by atoms with E-state index >= 15 is 0 Å². The van der Waals surface area contributed by atoms with Gasteiger partial charge in [-0.2, -0.15) is 0 Å². The largest absolute Gasteiger partial charge is 0.444 e. The molecular weight excluding hydrogens is 264 g/mol. The van der Waals surface area contributed by atoms with E-state index in [2.05, 4.69) is 61.1 Å². The molecule has 2 aromatic rings. The molecule has 0 spiro atoms. The number of aryl methyl sites for hydroxylation is 1. The number of aromatic nitrogens is 1. The van der Waals surface area contributed by atoms with Gasteiger partial charge in [-0.3, -0.25) is 0 Å². The molecule has 2 rings (SSSR count). The molecule has 0 aliphatic rings. The van der Waals surface area contributed by atoms with Crippen molar-refractivity contribution in [1.82, 2.24) is 10.3 Å². The number of oxazole rings is 1. The molecule has 1 unspecified atom stereocenters. The van der Waals surface area contributed by atoms with Gasteiger partial charge in [-0.1, -0.05) is 49.1 Å². The van der Waals surface area contributed by atoms with Crippen LogP contribution in [0.4, 0.5) is 0 Å². The zero-order chi connectivity index (χ0) is 14.8. The Balaban J connectivity index is 1.94. The van der Waals surface area contributed by atoms with Crippen LogP contribution in [-0.4, -0.2) is 13.1 Å². The van der Waals surface area contributed by atoms with Gasteiger partial charge >= 0.3 is 0 Å². The molecule has 1 N–H and O–H groups in total. The molecule has 3 nitrogen and oxygen atoms in total. The maximum atomic E-state index is 5.53. The van der Waals surface area contributed by atoms with E-state index in [-0.39, 0.29) is 6.04 Å². The first-order chi connectivity index (χ1) is 9.36. The fourth-order valence-electron chi connectivity index (χ4n) is 2.05. The zero-order valence-electron chi connectivity index (χ0n) is 13.0. The normalized spacial score (nSPS) is 13.4. The first-order valence-electron chi connectivity index (χ1n) is 7.11. The van der Waals surface area contributed by atoms with Crippen LogP contribution in [0.2, 0.25) is 19.6 Å². The lowest BCUT2D eigenvalue weighted by Gasteiger charge is -2.17. The Bertz CT molecular complexity index is 555. The summed E-state index contributed by atoms with van der Waals surface area (Å²) < 4.78 is 5.53. The van der Waals surface area contributed by atoms with Crippen LogP contribution in [0.5, 0.6) is 0 Å². The number of hydrogen-bond acceptors (Lipinski definition) is 3. The minimum absolute atomic E-state index is 0.125. The number of nitrogens with zero attached hydrogens (tertiary/aromatic N) is 1. The fourth-order valence-corrected chi connectivity index (χ4v) is 3.22. The van der Waals surface area contributed by atoms with Crippen molar-refractivity contribution in [3.8, 4) is 0 Å². The number of hydrogen-bond donors (Lipinski definition) is 1. The third kappa shape index (κ3) is 3.80. The minimum atomic E-state index is -1.20. The predicted octanol–water partition coefficient (Wildman–Crippen LogP) is 3.38. The lowest BCUT2D eigenvalue weighted by molar-refractivity contribution is 0.402. The van der Waals surface area contributed by atoms with Crippen molar-refractivity contribution in [3.63, 3.8) is 0 Å². The fraction of sp³-hybridized carbons (Fsp3) is 0.438. The van der Waals surface area contributed by atoms with Crippen LogP contribution in [0, 0.1) is 6.92 Å². The van der Waals surface area contributed by atoms with Crippen LogP contribution in [-0.2, 0) is 6.54 Å². The van der Waals surface area contributed by atoms with Crippen LogP contribution in [0.1, 0.15) is 30.2 Å². The molecule has 1 aromatic heterocycles. The van der Waals surface area contributed by atoms with Gasteiger partial charge in [0.25, 0.3) is 0 Å². The average Bonchev–Trinajstić information content (AvgIpc) is 2.82. The molecule has 0 saturated heterocycles. The van der Waals surface area contributed by atoms with Crippen molar-refractivity contribution in [1.29, 1.82) is 0 Å². The Morgan fingerprint density at radius 2 is 1.85 bits per heavy atom. The highest BCUT2D eigenvalue weighted by molar-refractivity contribution is 6.88. The summed E-state index contributed by atoms with van der Waals surface area (Å²) >= 11 is 0. The first kappa shape index (κ1) is 15.0. The Morgan fingerprint density at radius 3 is 2.35 bits per heavy atom. The standard InChI is InChI=1S/C16H24N2OSi/c1-12-10-18-16(19-12)13(2)17-11-14-6-8-15(9-7-14)20(3,4)5/h6-10,13,17H,11H2,1-5H3. The van der Waals surface area contributed by atoms with E-state index in [9.17, 15) is 0 Å². The molecule has 0 amide bonds. The van der Waals surface area contributed by atoms with E-state index in [0.29, 0.717) is 0 Å². The molecule has 0 fully saturated rings. The Kier molecular flexibility index (Phi) is 4.45. The van der Waals surface area contributed by atoms with E-state index in [1.54, 1.807) is 6.20 Å². The number of rotatable bonds is 5. The maximum Gasteiger partial charge on any atom is 0.211 e. The lowest BCUT2D eigenvalue weighted by atomic mass is 10.2. The second kappa shape index (κ2) is 5.93. The highest BCUT2D eigenvalue weighted by atomic mass is 28.3. The molecular formula is C16H24N2OSi. The van der Waals surface area contributed by atoms with Crippen LogP contribution in [0.25, 0.3) is 0 Å². The van der Waals surface area contributed by atoms with Crippen LogP contribution in [0.15, 0.2) is 34.9 Å². The Hall–Kier alpha value is -1.39. The summed E-state index contributed by atoms with van der Waals surface area (Å²) in [5.41, 5.74) is 1.29. The van der Waals surface area contributed by atoms with Gasteiger partial charge in [-0.25, -0.2) is 4.98 Å². The average molecular weight is 288 g/mol. The molecule has 1 heterocycles. The molecule has 1 atom stereocenters. The monoisotopic (exact) mass is 288 g/mol.